The van der Waals surface area contributed by atoms with Crippen LogP contribution in [0.4, 0.5) is 5.95 Å². The second kappa shape index (κ2) is 4.72. The van der Waals surface area contributed by atoms with Crippen LogP contribution in [-0.4, -0.2) is 24.9 Å². The minimum absolute atomic E-state index is 0.0760. The van der Waals surface area contributed by atoms with Crippen LogP contribution in [0.2, 0.25) is 0 Å². The average molecular weight is 282 g/mol. The summed E-state index contributed by atoms with van der Waals surface area (Å²) in [5.74, 6) is 2.02. The van der Waals surface area contributed by atoms with Crippen LogP contribution in [0.25, 0.3) is 0 Å². The molecule has 19 heavy (non-hydrogen) atoms. The van der Waals surface area contributed by atoms with Crippen molar-refractivity contribution in [1.29, 1.82) is 0 Å². The Bertz CT molecular complexity index is 538. The molecule has 0 aromatic carbocycles. The Morgan fingerprint density at radius 1 is 1.21 bits per heavy atom. The van der Waals surface area contributed by atoms with Crippen LogP contribution >= 0.6 is 0 Å². The number of nitrogens with one attached hydrogen (secondary N) is 1. The molecular weight excluding hydrogens is 264 g/mol. The zero-order chi connectivity index (χ0) is 13.5. The Hall–Kier alpha value is -1.21. The van der Waals surface area contributed by atoms with E-state index in [1.807, 2.05) is 0 Å². The van der Waals surface area contributed by atoms with E-state index in [1.165, 1.54) is 38.1 Å². The molecule has 0 aliphatic heterocycles. The van der Waals surface area contributed by atoms with Gasteiger partial charge in [-0.2, -0.15) is 0 Å². The van der Waals surface area contributed by atoms with E-state index in [2.05, 4.69) is 14.7 Å². The molecule has 0 bridgehead atoms. The van der Waals surface area contributed by atoms with Gasteiger partial charge in [-0.05, 0) is 43.4 Å². The maximum atomic E-state index is 12.1. The second-order valence-corrected chi connectivity index (χ2v) is 7.23. The standard InChI is InChI=1S/C12H18N4O2S/c13-12-14-5-10(6-15-12)19(17,18)16-7-11(8-1-2-8)9-3-4-9/h5-6,8-9,11,16H,1-4,7H2,(H2,13,14,15). The van der Waals surface area contributed by atoms with Crippen LogP contribution < -0.4 is 10.5 Å². The van der Waals surface area contributed by atoms with Crippen molar-refractivity contribution < 1.29 is 8.42 Å². The molecule has 7 heteroatoms. The van der Waals surface area contributed by atoms with Gasteiger partial charge in [0.1, 0.15) is 4.90 Å². The molecule has 3 N–H and O–H groups in total. The van der Waals surface area contributed by atoms with E-state index in [9.17, 15) is 8.42 Å². The van der Waals surface area contributed by atoms with E-state index >= 15 is 0 Å². The van der Waals surface area contributed by atoms with Crippen molar-refractivity contribution in [1.82, 2.24) is 14.7 Å². The minimum Gasteiger partial charge on any atom is -0.368 e. The molecule has 6 nitrogen and oxygen atoms in total. The molecule has 1 aromatic rings. The van der Waals surface area contributed by atoms with Gasteiger partial charge in [0.25, 0.3) is 0 Å². The molecule has 2 saturated carbocycles. The van der Waals surface area contributed by atoms with E-state index < -0.39 is 10.0 Å². The van der Waals surface area contributed by atoms with Gasteiger partial charge in [-0.1, -0.05) is 0 Å². The maximum Gasteiger partial charge on any atom is 0.243 e. The monoisotopic (exact) mass is 282 g/mol. The van der Waals surface area contributed by atoms with Crippen molar-refractivity contribution in [2.24, 2.45) is 17.8 Å². The number of rotatable bonds is 6. The molecule has 0 radical (unpaired) electrons. The molecule has 1 heterocycles. The Balaban J connectivity index is 1.65. The lowest BCUT2D eigenvalue weighted by molar-refractivity contribution is 0.401. The van der Waals surface area contributed by atoms with Crippen molar-refractivity contribution in [3.8, 4) is 0 Å². The first-order valence-corrected chi connectivity index (χ1v) is 8.12. The number of hydrogen-bond donors (Lipinski definition) is 2. The van der Waals surface area contributed by atoms with Gasteiger partial charge >= 0.3 is 0 Å². The Morgan fingerprint density at radius 2 is 1.74 bits per heavy atom. The molecule has 2 fully saturated rings. The zero-order valence-corrected chi connectivity index (χ0v) is 11.4. The van der Waals surface area contributed by atoms with Crippen LogP contribution in [0.3, 0.4) is 0 Å². The summed E-state index contributed by atoms with van der Waals surface area (Å²) in [5, 5.41) is 0. The highest BCUT2D eigenvalue weighted by Gasteiger charge is 2.41. The fourth-order valence-corrected chi connectivity index (χ4v) is 3.48. The molecule has 0 saturated heterocycles. The molecule has 1 aromatic heterocycles. The number of hydrogen-bond acceptors (Lipinski definition) is 5. The fraction of sp³-hybridized carbons (Fsp3) is 0.667. The maximum absolute atomic E-state index is 12.1. The number of aromatic nitrogens is 2. The Kier molecular flexibility index (Phi) is 3.18. The van der Waals surface area contributed by atoms with E-state index in [0.717, 1.165) is 11.8 Å². The van der Waals surface area contributed by atoms with E-state index in [4.69, 9.17) is 5.73 Å². The van der Waals surface area contributed by atoms with Crippen molar-refractivity contribution in [3.63, 3.8) is 0 Å². The molecule has 0 amide bonds. The van der Waals surface area contributed by atoms with Crippen molar-refractivity contribution in [2.75, 3.05) is 12.3 Å². The number of nitrogens with zero attached hydrogens (tertiary/aromatic N) is 2. The normalized spacial score (nSPS) is 19.8. The number of anilines is 1. The lowest BCUT2D eigenvalue weighted by Crippen LogP contribution is -2.31. The van der Waals surface area contributed by atoms with Crippen LogP contribution in [0.5, 0.6) is 0 Å². The van der Waals surface area contributed by atoms with Crippen LogP contribution in [0.15, 0.2) is 17.3 Å². The Labute approximate surface area is 112 Å². The topological polar surface area (TPSA) is 98.0 Å². The largest absolute Gasteiger partial charge is 0.368 e. The highest BCUT2D eigenvalue weighted by atomic mass is 32.2. The number of nitrogens with two attached hydrogens (primary N) is 1. The van der Waals surface area contributed by atoms with E-state index in [1.54, 1.807) is 0 Å². The molecule has 104 valence electrons. The van der Waals surface area contributed by atoms with Gasteiger partial charge in [0.05, 0.1) is 12.4 Å². The van der Waals surface area contributed by atoms with Gasteiger partial charge < -0.3 is 5.73 Å². The van der Waals surface area contributed by atoms with Crippen molar-refractivity contribution in [2.45, 2.75) is 30.6 Å². The van der Waals surface area contributed by atoms with Crippen molar-refractivity contribution >= 4 is 16.0 Å². The molecule has 3 rings (SSSR count). The molecule has 0 atom stereocenters. The van der Waals surface area contributed by atoms with Gasteiger partial charge in [-0.15, -0.1) is 0 Å². The average Bonchev–Trinajstić information content (AvgIpc) is 3.24. The highest BCUT2D eigenvalue weighted by molar-refractivity contribution is 7.89. The summed E-state index contributed by atoms with van der Waals surface area (Å²) in [6, 6.07) is 0. The summed E-state index contributed by atoms with van der Waals surface area (Å²) in [6.07, 6.45) is 7.46. The smallest absolute Gasteiger partial charge is 0.243 e. The third-order valence-electron chi connectivity index (χ3n) is 3.92. The molecule has 2 aliphatic rings. The second-order valence-electron chi connectivity index (χ2n) is 5.47. The summed E-state index contributed by atoms with van der Waals surface area (Å²) >= 11 is 0. The zero-order valence-electron chi connectivity index (χ0n) is 10.6. The van der Waals surface area contributed by atoms with Gasteiger partial charge in [0.15, 0.2) is 0 Å². The number of sulfonamides is 1. The van der Waals surface area contributed by atoms with Crippen LogP contribution in [0.1, 0.15) is 25.7 Å². The van der Waals surface area contributed by atoms with Gasteiger partial charge in [-0.25, -0.2) is 23.1 Å². The summed E-state index contributed by atoms with van der Waals surface area (Å²) in [4.78, 5) is 7.51. The lowest BCUT2D eigenvalue weighted by atomic mass is 9.99. The predicted octanol–water partition coefficient (Wildman–Crippen LogP) is 0.773. The van der Waals surface area contributed by atoms with Crippen LogP contribution in [-0.2, 0) is 10.0 Å². The highest BCUT2D eigenvalue weighted by Crippen LogP contribution is 2.48. The Morgan fingerprint density at radius 3 is 2.21 bits per heavy atom. The van der Waals surface area contributed by atoms with Gasteiger partial charge in [0.2, 0.25) is 16.0 Å². The van der Waals surface area contributed by atoms with E-state index in [-0.39, 0.29) is 10.8 Å². The quantitative estimate of drug-likeness (QED) is 0.803. The fourth-order valence-electron chi connectivity index (χ4n) is 2.52. The van der Waals surface area contributed by atoms with Crippen molar-refractivity contribution in [3.05, 3.63) is 12.4 Å². The third-order valence-corrected chi connectivity index (χ3v) is 5.30. The first-order valence-electron chi connectivity index (χ1n) is 6.63. The summed E-state index contributed by atoms with van der Waals surface area (Å²) in [5.41, 5.74) is 5.35. The SMILES string of the molecule is Nc1ncc(S(=O)(=O)NCC(C2CC2)C2CC2)cn1. The summed E-state index contributed by atoms with van der Waals surface area (Å²) in [7, 11) is -3.51. The van der Waals surface area contributed by atoms with Gasteiger partial charge in [-0.3, -0.25) is 0 Å². The molecule has 0 unspecified atom stereocenters. The third kappa shape index (κ3) is 3.03. The number of nitrogen functional groups attached to an aromatic ring is 1. The first kappa shape index (κ1) is 12.8. The van der Waals surface area contributed by atoms with Crippen LogP contribution in [0, 0.1) is 17.8 Å². The summed E-state index contributed by atoms with van der Waals surface area (Å²) in [6.45, 7) is 0.530. The van der Waals surface area contributed by atoms with Gasteiger partial charge in [0, 0.05) is 6.54 Å². The summed E-state index contributed by atoms with van der Waals surface area (Å²) < 4.78 is 26.9. The van der Waals surface area contributed by atoms with E-state index in [0.29, 0.717) is 12.5 Å². The first-order chi connectivity index (χ1) is 9.06. The lowest BCUT2D eigenvalue weighted by Gasteiger charge is -2.16. The molecule has 2 aliphatic carbocycles. The minimum atomic E-state index is -3.51. The molecular formula is C12H18N4O2S. The molecule has 0 spiro atoms. The predicted molar refractivity (Wildman–Crippen MR) is 70.6 cm³/mol.